The number of morpholine rings is 1. The second-order valence-corrected chi connectivity index (χ2v) is 5.70. The summed E-state index contributed by atoms with van der Waals surface area (Å²) in [7, 11) is 0. The van der Waals surface area contributed by atoms with Crippen LogP contribution < -0.4 is 0 Å². The van der Waals surface area contributed by atoms with E-state index >= 15 is 0 Å². The van der Waals surface area contributed by atoms with Crippen LogP contribution in [0.5, 0.6) is 0 Å². The average molecular weight is 303 g/mol. The zero-order valence-electron chi connectivity index (χ0n) is 12.6. The van der Waals surface area contributed by atoms with Crippen LogP contribution in [-0.4, -0.2) is 59.5 Å². The number of hydrogen-bond acceptors (Lipinski definition) is 5. The van der Waals surface area contributed by atoms with Gasteiger partial charge in [-0.1, -0.05) is 6.08 Å². The molecule has 1 aliphatic carbocycles. The summed E-state index contributed by atoms with van der Waals surface area (Å²) in [6.07, 6.45) is 6.86. The predicted molar refractivity (Wildman–Crippen MR) is 80.3 cm³/mol. The van der Waals surface area contributed by atoms with Crippen molar-refractivity contribution in [1.82, 2.24) is 15.1 Å². The highest BCUT2D eigenvalue weighted by Crippen LogP contribution is 2.35. The second-order valence-electron chi connectivity index (χ2n) is 5.70. The summed E-state index contributed by atoms with van der Waals surface area (Å²) >= 11 is 0. The number of carbonyl (C=O) groups excluding carboxylic acids is 1. The van der Waals surface area contributed by atoms with Gasteiger partial charge in [0.15, 0.2) is 0 Å². The highest BCUT2D eigenvalue weighted by molar-refractivity contribution is 5.94. The zero-order valence-corrected chi connectivity index (χ0v) is 12.6. The average Bonchev–Trinajstić information content (AvgIpc) is 2.98. The third-order valence-corrected chi connectivity index (χ3v) is 4.38. The molecule has 0 N–H and O–H groups in total. The van der Waals surface area contributed by atoms with Gasteiger partial charge in [-0.15, -0.1) is 6.58 Å². The normalized spacial score (nSPS) is 27.5. The maximum absolute atomic E-state index is 12.7. The molecule has 2 aliphatic rings. The molecule has 118 valence electrons. The molecule has 1 amide bonds. The molecule has 2 heterocycles. The first-order valence-corrected chi connectivity index (χ1v) is 7.69. The van der Waals surface area contributed by atoms with Gasteiger partial charge in [-0.2, -0.15) is 10.2 Å². The maximum atomic E-state index is 12.7. The van der Waals surface area contributed by atoms with E-state index in [0.717, 1.165) is 12.8 Å². The van der Waals surface area contributed by atoms with Crippen molar-refractivity contribution >= 4 is 5.91 Å². The van der Waals surface area contributed by atoms with Crippen LogP contribution in [0.2, 0.25) is 0 Å². The molecular weight excluding hydrogens is 282 g/mol. The molecule has 0 aromatic carbocycles. The van der Waals surface area contributed by atoms with Crippen LogP contribution in [-0.2, 0) is 9.47 Å². The molecule has 2 fully saturated rings. The number of fused-ring (bicyclic) bond motifs is 1. The fourth-order valence-corrected chi connectivity index (χ4v) is 3.38. The van der Waals surface area contributed by atoms with Crippen LogP contribution in [0.3, 0.4) is 0 Å². The Balaban J connectivity index is 1.67. The van der Waals surface area contributed by atoms with Crippen molar-refractivity contribution in [2.24, 2.45) is 5.92 Å². The van der Waals surface area contributed by atoms with E-state index in [1.807, 2.05) is 4.90 Å². The molecule has 3 rings (SSSR count). The molecule has 0 spiro atoms. The first-order valence-electron chi connectivity index (χ1n) is 7.69. The third kappa shape index (κ3) is 3.03. The minimum Gasteiger partial charge on any atom is -0.377 e. The molecule has 0 radical (unpaired) electrons. The zero-order chi connectivity index (χ0) is 15.4. The third-order valence-electron chi connectivity index (χ3n) is 4.38. The Kier molecular flexibility index (Phi) is 4.80. The van der Waals surface area contributed by atoms with Crippen molar-refractivity contribution in [1.29, 1.82) is 0 Å². The summed E-state index contributed by atoms with van der Waals surface area (Å²) in [5.41, 5.74) is 0.585. The van der Waals surface area contributed by atoms with Crippen LogP contribution >= 0.6 is 0 Å². The molecular formula is C16H21N3O3. The molecule has 1 aliphatic heterocycles. The molecule has 6 nitrogen and oxygen atoms in total. The highest BCUT2D eigenvalue weighted by Gasteiger charge is 2.44. The van der Waals surface area contributed by atoms with Crippen LogP contribution in [0.4, 0.5) is 0 Å². The Hall–Kier alpha value is -1.79. The molecule has 1 saturated heterocycles. The number of hydrogen-bond donors (Lipinski definition) is 0. The van der Waals surface area contributed by atoms with Crippen molar-refractivity contribution in [2.45, 2.75) is 25.0 Å². The molecule has 6 heteroatoms. The number of aromatic nitrogens is 2. The Labute approximate surface area is 130 Å². The monoisotopic (exact) mass is 303 g/mol. The largest absolute Gasteiger partial charge is 0.377 e. The van der Waals surface area contributed by atoms with Gasteiger partial charge in [-0.3, -0.25) is 4.79 Å². The maximum Gasteiger partial charge on any atom is 0.255 e. The lowest BCUT2D eigenvalue weighted by Crippen LogP contribution is -2.53. The standard InChI is InChI=1S/C16H21N3O3/c1-2-8-21-11-13-3-4-14-15(13)22-9-7-19(14)16(20)12-5-6-17-18-10-12/h2,5-6,10,13-15H,1,3-4,7-9,11H2/t13?,14-,15-/m0/s1. The Bertz CT molecular complexity index is 523. The number of carbonyl (C=O) groups is 1. The summed E-state index contributed by atoms with van der Waals surface area (Å²) in [4.78, 5) is 14.6. The predicted octanol–water partition coefficient (Wildman–Crippen LogP) is 1.30. The van der Waals surface area contributed by atoms with E-state index in [4.69, 9.17) is 9.47 Å². The Morgan fingerprint density at radius 1 is 1.50 bits per heavy atom. The first kappa shape index (κ1) is 15.1. The minimum atomic E-state index is 0.0147. The van der Waals surface area contributed by atoms with Crippen molar-refractivity contribution < 1.29 is 14.3 Å². The Morgan fingerprint density at radius 2 is 2.41 bits per heavy atom. The van der Waals surface area contributed by atoms with Crippen LogP contribution in [0, 0.1) is 5.92 Å². The molecule has 22 heavy (non-hydrogen) atoms. The van der Waals surface area contributed by atoms with Gasteiger partial charge >= 0.3 is 0 Å². The first-order chi connectivity index (χ1) is 10.8. The van der Waals surface area contributed by atoms with Gasteiger partial charge in [-0.25, -0.2) is 0 Å². The summed E-state index contributed by atoms with van der Waals surface area (Å²) in [6.45, 7) is 6.07. The van der Waals surface area contributed by atoms with Crippen LogP contribution in [0.15, 0.2) is 31.1 Å². The van der Waals surface area contributed by atoms with Crippen molar-refractivity contribution in [3.05, 3.63) is 36.7 Å². The van der Waals surface area contributed by atoms with Crippen molar-refractivity contribution in [2.75, 3.05) is 26.4 Å². The fraction of sp³-hybridized carbons (Fsp3) is 0.562. The molecule has 1 aromatic rings. The van der Waals surface area contributed by atoms with Crippen LogP contribution in [0.1, 0.15) is 23.2 Å². The molecule has 3 atom stereocenters. The lowest BCUT2D eigenvalue weighted by atomic mass is 10.0. The number of amides is 1. The quantitative estimate of drug-likeness (QED) is 0.606. The van der Waals surface area contributed by atoms with Gasteiger partial charge in [0.05, 0.1) is 49.9 Å². The van der Waals surface area contributed by atoms with Gasteiger partial charge in [0.2, 0.25) is 0 Å². The van der Waals surface area contributed by atoms with E-state index in [9.17, 15) is 4.79 Å². The van der Waals surface area contributed by atoms with E-state index in [0.29, 0.717) is 37.8 Å². The highest BCUT2D eigenvalue weighted by atomic mass is 16.5. The SMILES string of the molecule is C=CCOCC1CC[C@H]2[C@H]1OCCN2C(=O)c1ccnnc1. The van der Waals surface area contributed by atoms with Gasteiger partial charge in [-0.05, 0) is 18.9 Å². The molecule has 1 unspecified atom stereocenters. The molecule has 0 bridgehead atoms. The second kappa shape index (κ2) is 6.98. The number of ether oxygens (including phenoxy) is 2. The summed E-state index contributed by atoms with van der Waals surface area (Å²) < 4.78 is 11.5. The Morgan fingerprint density at radius 3 is 3.18 bits per heavy atom. The molecule has 1 saturated carbocycles. The van der Waals surface area contributed by atoms with Gasteiger partial charge < -0.3 is 14.4 Å². The topological polar surface area (TPSA) is 64.6 Å². The van der Waals surface area contributed by atoms with Crippen LogP contribution in [0.25, 0.3) is 0 Å². The van der Waals surface area contributed by atoms with Gasteiger partial charge in [0.25, 0.3) is 5.91 Å². The van der Waals surface area contributed by atoms with E-state index in [2.05, 4.69) is 16.8 Å². The summed E-state index contributed by atoms with van der Waals surface area (Å²) in [5, 5.41) is 7.52. The van der Waals surface area contributed by atoms with E-state index < -0.39 is 0 Å². The van der Waals surface area contributed by atoms with Gasteiger partial charge in [0, 0.05) is 12.5 Å². The summed E-state index contributed by atoms with van der Waals surface area (Å²) in [6, 6.07) is 1.84. The summed E-state index contributed by atoms with van der Waals surface area (Å²) in [5.74, 6) is 0.358. The van der Waals surface area contributed by atoms with E-state index in [1.165, 1.54) is 6.20 Å². The minimum absolute atomic E-state index is 0.0147. The lowest BCUT2D eigenvalue weighted by molar-refractivity contribution is -0.0738. The van der Waals surface area contributed by atoms with Crippen molar-refractivity contribution in [3.8, 4) is 0 Å². The van der Waals surface area contributed by atoms with E-state index in [1.54, 1.807) is 18.3 Å². The lowest BCUT2D eigenvalue weighted by Gasteiger charge is -2.39. The molecule has 1 aromatic heterocycles. The smallest absolute Gasteiger partial charge is 0.255 e. The fourth-order valence-electron chi connectivity index (χ4n) is 3.38. The van der Waals surface area contributed by atoms with E-state index in [-0.39, 0.29) is 18.1 Å². The van der Waals surface area contributed by atoms with Gasteiger partial charge in [0.1, 0.15) is 0 Å². The van der Waals surface area contributed by atoms with Crippen molar-refractivity contribution in [3.63, 3.8) is 0 Å². The number of nitrogens with zero attached hydrogens (tertiary/aromatic N) is 3. The number of rotatable bonds is 5.